The molecule has 2 amide bonds. The molecule has 2 N–H and O–H groups in total. The van der Waals surface area contributed by atoms with Crippen LogP contribution in [-0.2, 0) is 4.79 Å². The van der Waals surface area contributed by atoms with E-state index in [-0.39, 0.29) is 5.69 Å². The summed E-state index contributed by atoms with van der Waals surface area (Å²) in [5.74, 6) is -3.00. The number of nitrogens with two attached hydrogens (primary N) is 1. The Morgan fingerprint density at radius 1 is 1.32 bits per heavy atom. The number of hydrogen-bond donors (Lipinski definition) is 1. The maximum Gasteiger partial charge on any atom is 0.274 e. The summed E-state index contributed by atoms with van der Waals surface area (Å²) in [6.07, 6.45) is 3.13. The summed E-state index contributed by atoms with van der Waals surface area (Å²) in [6, 6.07) is 2.65. The average Bonchev–Trinajstić information content (AvgIpc) is 2.98. The Labute approximate surface area is 147 Å². The number of aryl methyl sites for hydroxylation is 1. The second-order valence-corrected chi connectivity index (χ2v) is 6.97. The van der Waals surface area contributed by atoms with Crippen LogP contribution in [0.3, 0.4) is 0 Å². The number of nitrogens with zero attached hydrogens (tertiary/aromatic N) is 2. The number of rotatable bonds is 3. The molecule has 2 aromatic rings. The van der Waals surface area contributed by atoms with Gasteiger partial charge in [0.05, 0.1) is 9.88 Å². The zero-order valence-corrected chi connectivity index (χ0v) is 14.3. The predicted molar refractivity (Wildman–Crippen MR) is 89.8 cm³/mol. The van der Waals surface area contributed by atoms with Crippen LogP contribution in [0.2, 0.25) is 0 Å². The molecule has 1 radical (unpaired) electrons. The van der Waals surface area contributed by atoms with Crippen LogP contribution in [0.25, 0.3) is 10.4 Å². The summed E-state index contributed by atoms with van der Waals surface area (Å²) >= 11 is 1.21. The number of piperidine rings is 1. The first-order valence-corrected chi connectivity index (χ1v) is 8.56. The Hall–Kier alpha value is -2.35. The lowest BCUT2D eigenvalue weighted by Gasteiger charge is -2.33. The van der Waals surface area contributed by atoms with Gasteiger partial charge in [-0.25, -0.2) is 13.8 Å². The van der Waals surface area contributed by atoms with E-state index in [2.05, 4.69) is 4.98 Å². The molecule has 1 aliphatic heterocycles. The molecular formula is C17H16F2N3O2S. The molecule has 1 fully saturated rings. The zero-order chi connectivity index (χ0) is 18.1. The van der Waals surface area contributed by atoms with Crippen LogP contribution >= 0.6 is 11.3 Å². The highest BCUT2D eigenvalue weighted by Crippen LogP contribution is 2.33. The molecule has 1 saturated heterocycles. The largest absolute Gasteiger partial charge is 0.368 e. The molecule has 0 aliphatic carbocycles. The number of amides is 2. The van der Waals surface area contributed by atoms with Crippen molar-refractivity contribution < 1.29 is 18.4 Å². The van der Waals surface area contributed by atoms with E-state index in [4.69, 9.17) is 5.73 Å². The van der Waals surface area contributed by atoms with E-state index in [9.17, 15) is 18.4 Å². The van der Waals surface area contributed by atoms with Crippen molar-refractivity contribution in [3.05, 3.63) is 47.0 Å². The lowest BCUT2D eigenvalue weighted by atomic mass is 10.0. The summed E-state index contributed by atoms with van der Waals surface area (Å²) in [5, 5.41) is 0.611. The first-order valence-electron chi connectivity index (χ1n) is 7.75. The summed E-state index contributed by atoms with van der Waals surface area (Å²) in [4.78, 5) is 30.7. The van der Waals surface area contributed by atoms with Gasteiger partial charge in [-0.3, -0.25) is 9.59 Å². The molecule has 131 valence electrons. The topological polar surface area (TPSA) is 76.3 Å². The summed E-state index contributed by atoms with van der Waals surface area (Å²) in [6.45, 7) is 2.11. The third kappa shape index (κ3) is 3.39. The molecule has 8 heteroatoms. The quantitative estimate of drug-likeness (QED) is 0.910. The molecule has 1 atom stereocenters. The highest BCUT2D eigenvalue weighted by molar-refractivity contribution is 7.15. The Bertz CT molecular complexity index is 837. The number of thiazole rings is 1. The molecule has 3 rings (SSSR count). The van der Waals surface area contributed by atoms with Crippen LogP contribution in [0, 0.1) is 25.0 Å². The van der Waals surface area contributed by atoms with Gasteiger partial charge in [0, 0.05) is 6.54 Å². The SMILES string of the molecule is Cc1nc(C(=O)N2CCC[CH]C2C(N)=O)c(-c2ccc(F)c(F)c2)s1. The number of likely N-dealkylation sites (tertiary alicyclic amines) is 1. The lowest BCUT2D eigenvalue weighted by Crippen LogP contribution is -2.51. The Morgan fingerprint density at radius 3 is 2.76 bits per heavy atom. The van der Waals surface area contributed by atoms with Gasteiger partial charge in [-0.1, -0.05) is 6.07 Å². The highest BCUT2D eigenvalue weighted by atomic mass is 32.1. The fourth-order valence-corrected chi connectivity index (χ4v) is 3.75. The molecule has 5 nitrogen and oxygen atoms in total. The number of primary amides is 1. The van der Waals surface area contributed by atoms with Crippen LogP contribution in [0.15, 0.2) is 18.2 Å². The van der Waals surface area contributed by atoms with Crippen LogP contribution in [0.1, 0.15) is 28.3 Å². The van der Waals surface area contributed by atoms with E-state index >= 15 is 0 Å². The molecule has 0 spiro atoms. The Kier molecular flexibility index (Phi) is 4.80. The smallest absolute Gasteiger partial charge is 0.274 e. The van der Waals surface area contributed by atoms with Crippen molar-refractivity contribution in [1.82, 2.24) is 9.88 Å². The number of halogens is 2. The molecule has 0 bridgehead atoms. The van der Waals surface area contributed by atoms with Crippen molar-refractivity contribution in [2.24, 2.45) is 5.73 Å². The standard InChI is InChI=1S/C17H16F2N3O2S/c1-9-21-14(15(25-9)10-5-6-11(18)12(19)8-10)17(24)22-7-3-2-4-13(22)16(20)23/h4-6,8,13H,2-3,7H2,1H3,(H2,20,23). The van der Waals surface area contributed by atoms with Crippen molar-refractivity contribution in [1.29, 1.82) is 0 Å². The molecule has 2 heterocycles. The first kappa shape index (κ1) is 17.5. The molecule has 1 unspecified atom stereocenters. The van der Waals surface area contributed by atoms with Crippen molar-refractivity contribution in [2.75, 3.05) is 6.54 Å². The summed E-state index contributed by atoms with van der Waals surface area (Å²) in [7, 11) is 0. The van der Waals surface area contributed by atoms with Crippen molar-refractivity contribution in [2.45, 2.75) is 25.8 Å². The molecular weight excluding hydrogens is 348 g/mol. The number of aromatic nitrogens is 1. The molecule has 1 aliphatic rings. The molecule has 25 heavy (non-hydrogen) atoms. The zero-order valence-electron chi connectivity index (χ0n) is 13.5. The van der Waals surface area contributed by atoms with Crippen molar-refractivity contribution >= 4 is 23.2 Å². The average molecular weight is 364 g/mol. The van der Waals surface area contributed by atoms with Crippen molar-refractivity contribution in [3.63, 3.8) is 0 Å². The fourth-order valence-electron chi connectivity index (χ4n) is 2.84. The van der Waals surface area contributed by atoms with E-state index in [1.807, 2.05) is 0 Å². The van der Waals surface area contributed by atoms with Gasteiger partial charge < -0.3 is 10.6 Å². The predicted octanol–water partition coefficient (Wildman–Crippen LogP) is 2.69. The van der Waals surface area contributed by atoms with Crippen molar-refractivity contribution in [3.8, 4) is 10.4 Å². The third-order valence-corrected chi connectivity index (χ3v) is 5.02. The highest BCUT2D eigenvalue weighted by Gasteiger charge is 2.34. The minimum absolute atomic E-state index is 0.120. The van der Waals surface area contributed by atoms with Gasteiger partial charge in [-0.05, 0) is 43.9 Å². The van der Waals surface area contributed by atoms with Crippen LogP contribution in [-0.4, -0.2) is 34.3 Å². The number of hydrogen-bond acceptors (Lipinski definition) is 4. The minimum atomic E-state index is -0.997. The van der Waals surface area contributed by atoms with Crippen LogP contribution in [0.4, 0.5) is 8.78 Å². The summed E-state index contributed by atoms with van der Waals surface area (Å²) in [5.41, 5.74) is 5.88. The first-order chi connectivity index (χ1) is 11.9. The van der Waals surface area contributed by atoms with E-state index in [0.29, 0.717) is 28.4 Å². The molecule has 1 aromatic carbocycles. The number of carbonyl (C=O) groups excluding carboxylic acids is 2. The maximum atomic E-state index is 13.6. The van der Waals surface area contributed by atoms with Gasteiger partial charge in [0.2, 0.25) is 5.91 Å². The van der Waals surface area contributed by atoms with Gasteiger partial charge in [0.25, 0.3) is 5.91 Å². The Balaban J connectivity index is 2.01. The summed E-state index contributed by atoms with van der Waals surface area (Å²) < 4.78 is 26.8. The number of carbonyl (C=O) groups is 2. The van der Waals surface area contributed by atoms with E-state index in [1.165, 1.54) is 22.3 Å². The molecule has 0 saturated carbocycles. The maximum absolute atomic E-state index is 13.6. The normalized spacial score (nSPS) is 17.6. The second kappa shape index (κ2) is 6.87. The fraction of sp³-hybridized carbons (Fsp3) is 0.294. The van der Waals surface area contributed by atoms with Gasteiger partial charge >= 0.3 is 0 Å². The van der Waals surface area contributed by atoms with Gasteiger partial charge in [0.15, 0.2) is 11.6 Å². The van der Waals surface area contributed by atoms with Crippen LogP contribution < -0.4 is 5.73 Å². The van der Waals surface area contributed by atoms with Gasteiger partial charge in [-0.2, -0.15) is 0 Å². The monoisotopic (exact) mass is 364 g/mol. The van der Waals surface area contributed by atoms with E-state index < -0.39 is 29.5 Å². The van der Waals surface area contributed by atoms with E-state index in [1.54, 1.807) is 13.3 Å². The lowest BCUT2D eigenvalue weighted by molar-refractivity contribution is -0.121. The van der Waals surface area contributed by atoms with Gasteiger partial charge in [-0.15, -0.1) is 11.3 Å². The minimum Gasteiger partial charge on any atom is -0.368 e. The van der Waals surface area contributed by atoms with Gasteiger partial charge in [0.1, 0.15) is 11.7 Å². The van der Waals surface area contributed by atoms with E-state index in [0.717, 1.165) is 18.6 Å². The Morgan fingerprint density at radius 2 is 2.08 bits per heavy atom. The van der Waals surface area contributed by atoms with Crippen LogP contribution in [0.5, 0.6) is 0 Å². The third-order valence-electron chi connectivity index (χ3n) is 4.00. The number of benzene rings is 1. The molecule has 1 aromatic heterocycles. The second-order valence-electron chi connectivity index (χ2n) is 5.76.